The van der Waals surface area contributed by atoms with Gasteiger partial charge in [0, 0.05) is 49.2 Å². The first-order chi connectivity index (χ1) is 17.9. The lowest BCUT2D eigenvalue weighted by atomic mass is 10.2. The van der Waals surface area contributed by atoms with Crippen LogP contribution in [0.25, 0.3) is 11.2 Å². The van der Waals surface area contributed by atoms with E-state index in [0.29, 0.717) is 34.4 Å². The van der Waals surface area contributed by atoms with Crippen LogP contribution < -0.4 is 20.3 Å². The molecule has 37 heavy (non-hydrogen) atoms. The third-order valence-corrected chi connectivity index (χ3v) is 6.52. The second-order valence-electron chi connectivity index (χ2n) is 9.45. The standard InChI is InChI=1S/C27H32N8O2/c1-18(2)35-24-23(30-27(35)32-25(36)19-5-11-22(37-4)12-6-19)17-28-26(31-24)29-20-7-9-21(10-8-20)34-15-13-33(3)14-16-34/h5-12,17-18H,13-16H2,1-4H3,(H,28,29,31)(H,30,32,36). The number of fused-ring (bicyclic) bond motifs is 1. The number of carbonyl (C=O) groups excluding carboxylic acids is 1. The van der Waals surface area contributed by atoms with Crippen LogP contribution in [0.3, 0.4) is 0 Å². The summed E-state index contributed by atoms with van der Waals surface area (Å²) < 4.78 is 7.08. The molecule has 1 aliphatic heterocycles. The predicted molar refractivity (Wildman–Crippen MR) is 146 cm³/mol. The quantitative estimate of drug-likeness (QED) is 0.390. The molecule has 0 spiro atoms. The third-order valence-electron chi connectivity index (χ3n) is 6.52. The van der Waals surface area contributed by atoms with E-state index in [9.17, 15) is 4.79 Å². The van der Waals surface area contributed by atoms with Gasteiger partial charge in [-0.15, -0.1) is 0 Å². The van der Waals surface area contributed by atoms with Gasteiger partial charge in [-0.2, -0.15) is 4.98 Å². The minimum absolute atomic E-state index is 0.0155. The number of piperazine rings is 1. The van der Waals surface area contributed by atoms with Gasteiger partial charge in [0.15, 0.2) is 5.65 Å². The number of ether oxygens (including phenoxy) is 1. The first-order valence-electron chi connectivity index (χ1n) is 12.4. The number of imidazole rings is 1. The van der Waals surface area contributed by atoms with E-state index in [4.69, 9.17) is 9.72 Å². The summed E-state index contributed by atoms with van der Waals surface area (Å²) in [6, 6.07) is 15.3. The molecule has 1 saturated heterocycles. The molecular weight excluding hydrogens is 468 g/mol. The maximum atomic E-state index is 12.9. The number of methoxy groups -OCH3 is 1. The molecule has 0 unspecified atom stereocenters. The molecule has 10 heteroatoms. The number of likely N-dealkylation sites (N-methyl/N-ethyl adjacent to an activating group) is 1. The fourth-order valence-corrected chi connectivity index (χ4v) is 4.39. The fraction of sp³-hybridized carbons (Fsp3) is 0.333. The molecule has 1 fully saturated rings. The Balaban J connectivity index is 1.35. The van der Waals surface area contributed by atoms with Gasteiger partial charge < -0.3 is 19.9 Å². The highest BCUT2D eigenvalue weighted by atomic mass is 16.5. The smallest absolute Gasteiger partial charge is 0.257 e. The van der Waals surface area contributed by atoms with Crippen molar-refractivity contribution in [2.75, 3.05) is 55.9 Å². The van der Waals surface area contributed by atoms with E-state index in [2.05, 4.69) is 49.6 Å². The van der Waals surface area contributed by atoms with E-state index in [1.165, 1.54) is 5.69 Å². The van der Waals surface area contributed by atoms with Crippen LogP contribution in [0.15, 0.2) is 54.7 Å². The SMILES string of the molecule is COc1ccc(C(=O)Nc2nc3cnc(Nc4ccc(N5CCN(C)CC5)cc4)nc3n2C(C)C)cc1. The molecule has 1 aliphatic rings. The van der Waals surface area contributed by atoms with E-state index in [1.54, 1.807) is 37.6 Å². The Morgan fingerprint density at radius 2 is 1.68 bits per heavy atom. The lowest BCUT2D eigenvalue weighted by molar-refractivity contribution is 0.102. The first-order valence-corrected chi connectivity index (χ1v) is 12.4. The minimum atomic E-state index is -0.258. The molecule has 3 heterocycles. The number of amides is 1. The van der Waals surface area contributed by atoms with Crippen molar-refractivity contribution >= 4 is 40.3 Å². The molecule has 192 valence electrons. The topological polar surface area (TPSA) is 100 Å². The van der Waals surface area contributed by atoms with Crippen molar-refractivity contribution in [1.29, 1.82) is 0 Å². The largest absolute Gasteiger partial charge is 0.497 e. The van der Waals surface area contributed by atoms with Gasteiger partial charge in [0.25, 0.3) is 5.91 Å². The summed E-state index contributed by atoms with van der Waals surface area (Å²) in [5.74, 6) is 1.32. The Labute approximate surface area is 216 Å². The number of anilines is 4. The molecule has 1 amide bonds. The van der Waals surface area contributed by atoms with Gasteiger partial charge in [-0.25, -0.2) is 9.97 Å². The highest BCUT2D eigenvalue weighted by Crippen LogP contribution is 2.26. The summed E-state index contributed by atoms with van der Waals surface area (Å²) in [6.45, 7) is 8.24. The summed E-state index contributed by atoms with van der Waals surface area (Å²) in [5, 5.41) is 6.22. The average Bonchev–Trinajstić information content (AvgIpc) is 3.27. The lowest BCUT2D eigenvalue weighted by Crippen LogP contribution is -2.44. The van der Waals surface area contributed by atoms with Crippen LogP contribution in [0.1, 0.15) is 30.2 Å². The van der Waals surface area contributed by atoms with Crippen LogP contribution in [0.2, 0.25) is 0 Å². The van der Waals surface area contributed by atoms with Gasteiger partial charge in [0.05, 0.1) is 13.3 Å². The number of nitrogens with zero attached hydrogens (tertiary/aromatic N) is 6. The molecule has 0 saturated carbocycles. The summed E-state index contributed by atoms with van der Waals surface area (Å²) >= 11 is 0. The van der Waals surface area contributed by atoms with Crippen LogP contribution >= 0.6 is 0 Å². The van der Waals surface area contributed by atoms with Gasteiger partial charge >= 0.3 is 0 Å². The van der Waals surface area contributed by atoms with Gasteiger partial charge in [-0.3, -0.25) is 14.7 Å². The Hall–Kier alpha value is -4.18. The summed E-state index contributed by atoms with van der Waals surface area (Å²) in [7, 11) is 3.75. The van der Waals surface area contributed by atoms with E-state index in [0.717, 1.165) is 31.9 Å². The third kappa shape index (κ3) is 5.34. The highest BCUT2D eigenvalue weighted by Gasteiger charge is 2.19. The van der Waals surface area contributed by atoms with E-state index in [1.807, 2.05) is 30.5 Å². The monoisotopic (exact) mass is 500 g/mol. The lowest BCUT2D eigenvalue weighted by Gasteiger charge is -2.34. The van der Waals surface area contributed by atoms with Crippen molar-refractivity contribution in [2.24, 2.45) is 0 Å². The predicted octanol–water partition coefficient (Wildman–Crippen LogP) is 4.16. The van der Waals surface area contributed by atoms with Crippen molar-refractivity contribution in [3.05, 3.63) is 60.3 Å². The van der Waals surface area contributed by atoms with Crippen LogP contribution in [0.4, 0.5) is 23.3 Å². The zero-order valence-corrected chi connectivity index (χ0v) is 21.6. The second-order valence-corrected chi connectivity index (χ2v) is 9.45. The summed E-state index contributed by atoms with van der Waals surface area (Å²) in [6.07, 6.45) is 1.67. The summed E-state index contributed by atoms with van der Waals surface area (Å²) in [5.41, 5.74) is 3.88. The van der Waals surface area contributed by atoms with Crippen molar-refractivity contribution in [1.82, 2.24) is 24.4 Å². The number of nitrogens with one attached hydrogen (secondary N) is 2. The molecule has 0 bridgehead atoms. The first kappa shape index (κ1) is 24.5. The van der Waals surface area contributed by atoms with Crippen molar-refractivity contribution < 1.29 is 9.53 Å². The number of rotatable bonds is 7. The highest BCUT2D eigenvalue weighted by molar-refractivity contribution is 6.04. The van der Waals surface area contributed by atoms with Crippen molar-refractivity contribution in [2.45, 2.75) is 19.9 Å². The molecule has 0 aliphatic carbocycles. The maximum Gasteiger partial charge on any atom is 0.257 e. The zero-order valence-electron chi connectivity index (χ0n) is 21.6. The Bertz CT molecular complexity index is 1370. The Morgan fingerprint density at radius 1 is 0.973 bits per heavy atom. The molecule has 2 aromatic carbocycles. The number of hydrogen-bond acceptors (Lipinski definition) is 8. The number of hydrogen-bond donors (Lipinski definition) is 2. The van der Waals surface area contributed by atoms with Gasteiger partial charge in [-0.1, -0.05) is 0 Å². The summed E-state index contributed by atoms with van der Waals surface area (Å²) in [4.78, 5) is 31.4. The minimum Gasteiger partial charge on any atom is -0.497 e. The fourth-order valence-electron chi connectivity index (χ4n) is 4.39. The molecule has 4 aromatic rings. The van der Waals surface area contributed by atoms with Gasteiger partial charge in [-0.05, 0) is 69.4 Å². The molecular formula is C27H32N8O2. The van der Waals surface area contributed by atoms with Crippen LogP contribution in [-0.2, 0) is 0 Å². The van der Waals surface area contributed by atoms with Crippen LogP contribution in [0.5, 0.6) is 5.75 Å². The number of aromatic nitrogens is 4. The average molecular weight is 501 g/mol. The molecule has 0 atom stereocenters. The second kappa shape index (κ2) is 10.4. The van der Waals surface area contributed by atoms with Crippen LogP contribution in [0, 0.1) is 0 Å². The van der Waals surface area contributed by atoms with Gasteiger partial charge in [0.1, 0.15) is 11.3 Å². The normalized spacial score (nSPS) is 14.2. The van der Waals surface area contributed by atoms with E-state index >= 15 is 0 Å². The molecule has 5 rings (SSSR count). The maximum absolute atomic E-state index is 12.9. The Kier molecular flexibility index (Phi) is 6.91. The molecule has 2 aromatic heterocycles. The van der Waals surface area contributed by atoms with Crippen molar-refractivity contribution in [3.8, 4) is 5.75 Å². The number of benzene rings is 2. The zero-order chi connectivity index (χ0) is 25.9. The van der Waals surface area contributed by atoms with E-state index < -0.39 is 0 Å². The van der Waals surface area contributed by atoms with Gasteiger partial charge in [0.2, 0.25) is 11.9 Å². The number of carbonyl (C=O) groups is 1. The molecule has 0 radical (unpaired) electrons. The van der Waals surface area contributed by atoms with Crippen LogP contribution in [-0.4, -0.2) is 70.7 Å². The van der Waals surface area contributed by atoms with E-state index in [-0.39, 0.29) is 11.9 Å². The van der Waals surface area contributed by atoms with Crippen molar-refractivity contribution in [3.63, 3.8) is 0 Å². The molecule has 10 nitrogen and oxygen atoms in total. The molecule has 2 N–H and O–H groups in total. The Morgan fingerprint density at radius 3 is 2.32 bits per heavy atom.